The van der Waals surface area contributed by atoms with Crippen molar-refractivity contribution in [1.82, 2.24) is 0 Å². The SMILES string of the molecule is CCCCO.O=C1C=CC=N1. The molecule has 0 spiro atoms. The van der Waals surface area contributed by atoms with Crippen molar-refractivity contribution in [2.45, 2.75) is 19.8 Å². The van der Waals surface area contributed by atoms with Crippen LogP contribution in [0.1, 0.15) is 19.8 Å². The molecule has 0 aromatic rings. The van der Waals surface area contributed by atoms with Gasteiger partial charge in [0.05, 0.1) is 0 Å². The highest BCUT2D eigenvalue weighted by Gasteiger charge is 1.90. The molecule has 3 heteroatoms. The fourth-order valence-corrected chi connectivity index (χ4v) is 0.443. The second-order valence-electron chi connectivity index (χ2n) is 2.05. The lowest BCUT2D eigenvalue weighted by atomic mass is 10.4. The first kappa shape index (κ1) is 10.0. The second kappa shape index (κ2) is 7.15. The third-order valence-electron chi connectivity index (χ3n) is 1.04. The predicted octanol–water partition coefficient (Wildman–Crippen LogP) is 0.932. The van der Waals surface area contributed by atoms with Gasteiger partial charge in [0.25, 0.3) is 5.91 Å². The normalized spacial score (nSPS) is 13.1. The lowest BCUT2D eigenvalue weighted by molar-refractivity contribution is -0.113. The van der Waals surface area contributed by atoms with Gasteiger partial charge in [0.15, 0.2) is 0 Å². The van der Waals surface area contributed by atoms with Crippen LogP contribution in [0.15, 0.2) is 17.1 Å². The molecular weight excluding hydrogens is 142 g/mol. The Balaban J connectivity index is 0.000000187. The molecule has 1 aliphatic rings. The van der Waals surface area contributed by atoms with Crippen molar-refractivity contribution in [3.8, 4) is 0 Å². The zero-order chi connectivity index (χ0) is 8.53. The molecule has 1 N–H and O–H groups in total. The first-order valence-electron chi connectivity index (χ1n) is 3.66. The van der Waals surface area contributed by atoms with Crippen molar-refractivity contribution >= 4 is 12.1 Å². The number of aliphatic imine (C=N–C) groups is 1. The van der Waals surface area contributed by atoms with Crippen molar-refractivity contribution in [3.63, 3.8) is 0 Å². The van der Waals surface area contributed by atoms with E-state index in [0.717, 1.165) is 12.8 Å². The molecule has 1 heterocycles. The summed E-state index contributed by atoms with van der Waals surface area (Å²) in [6.45, 7) is 2.40. The van der Waals surface area contributed by atoms with Crippen LogP contribution in [-0.4, -0.2) is 23.8 Å². The van der Waals surface area contributed by atoms with Crippen LogP contribution < -0.4 is 0 Å². The monoisotopic (exact) mass is 155 g/mol. The summed E-state index contributed by atoms with van der Waals surface area (Å²) in [4.78, 5) is 13.3. The number of allylic oxidation sites excluding steroid dienone is 1. The molecule has 0 aromatic heterocycles. The highest BCUT2D eigenvalue weighted by molar-refractivity contribution is 6.03. The Labute approximate surface area is 66.5 Å². The topological polar surface area (TPSA) is 49.7 Å². The Morgan fingerprint density at radius 1 is 1.64 bits per heavy atom. The summed E-state index contributed by atoms with van der Waals surface area (Å²) in [5, 5.41) is 8.07. The summed E-state index contributed by atoms with van der Waals surface area (Å²) in [5.74, 6) is -0.157. The van der Waals surface area contributed by atoms with Gasteiger partial charge in [-0.05, 0) is 12.5 Å². The molecule has 0 bridgehead atoms. The molecule has 62 valence electrons. The summed E-state index contributed by atoms with van der Waals surface area (Å²) in [6, 6.07) is 0. The molecule has 1 aliphatic heterocycles. The van der Waals surface area contributed by atoms with Crippen LogP contribution in [0.3, 0.4) is 0 Å². The largest absolute Gasteiger partial charge is 0.396 e. The lowest BCUT2D eigenvalue weighted by Gasteiger charge is -1.79. The number of aliphatic hydroxyl groups excluding tert-OH is 1. The van der Waals surface area contributed by atoms with E-state index >= 15 is 0 Å². The number of aliphatic hydroxyl groups is 1. The van der Waals surface area contributed by atoms with Gasteiger partial charge in [0.2, 0.25) is 0 Å². The minimum absolute atomic E-state index is 0.157. The summed E-state index contributed by atoms with van der Waals surface area (Å²) in [7, 11) is 0. The number of rotatable bonds is 2. The maximum Gasteiger partial charge on any atom is 0.269 e. The minimum Gasteiger partial charge on any atom is -0.396 e. The number of unbranched alkanes of at least 4 members (excludes halogenated alkanes) is 1. The average Bonchev–Trinajstić information content (AvgIpc) is 2.43. The van der Waals surface area contributed by atoms with Gasteiger partial charge < -0.3 is 5.11 Å². The second-order valence-corrected chi connectivity index (χ2v) is 2.05. The smallest absolute Gasteiger partial charge is 0.269 e. The van der Waals surface area contributed by atoms with Crippen LogP contribution in [0, 0.1) is 0 Å². The van der Waals surface area contributed by atoms with Crippen LogP contribution >= 0.6 is 0 Å². The van der Waals surface area contributed by atoms with E-state index in [2.05, 4.69) is 11.9 Å². The standard InChI is InChI=1S/C4H3NO.C4H10O/c6-4-2-1-3-5-4;1-2-3-4-5/h1-3H;5H,2-4H2,1H3. The summed E-state index contributed by atoms with van der Waals surface area (Å²) >= 11 is 0. The molecule has 0 unspecified atom stereocenters. The highest BCUT2D eigenvalue weighted by atomic mass is 16.2. The number of amides is 1. The van der Waals surface area contributed by atoms with Crippen LogP contribution in [0.25, 0.3) is 0 Å². The van der Waals surface area contributed by atoms with Gasteiger partial charge in [0.1, 0.15) is 0 Å². The Morgan fingerprint density at radius 2 is 2.36 bits per heavy atom. The molecule has 0 atom stereocenters. The van der Waals surface area contributed by atoms with Gasteiger partial charge in [-0.2, -0.15) is 0 Å². The maximum absolute atomic E-state index is 9.96. The predicted molar refractivity (Wildman–Crippen MR) is 44.6 cm³/mol. The van der Waals surface area contributed by atoms with Gasteiger partial charge in [-0.1, -0.05) is 13.3 Å². The van der Waals surface area contributed by atoms with E-state index in [4.69, 9.17) is 5.11 Å². The Bertz CT molecular complexity index is 145. The van der Waals surface area contributed by atoms with Crippen LogP contribution in [-0.2, 0) is 4.79 Å². The molecule has 1 rings (SSSR count). The van der Waals surface area contributed by atoms with Crippen LogP contribution in [0.2, 0.25) is 0 Å². The third kappa shape index (κ3) is 6.93. The summed E-state index contributed by atoms with van der Waals surface area (Å²) < 4.78 is 0. The first-order chi connectivity index (χ1) is 5.31. The molecule has 3 nitrogen and oxygen atoms in total. The molecule has 0 aliphatic carbocycles. The molecule has 11 heavy (non-hydrogen) atoms. The molecule has 0 saturated heterocycles. The summed E-state index contributed by atoms with van der Waals surface area (Å²) in [6.07, 6.45) is 6.54. The number of nitrogens with zero attached hydrogens (tertiary/aromatic N) is 1. The van der Waals surface area contributed by atoms with Crippen molar-refractivity contribution in [2.75, 3.05) is 6.61 Å². The fourth-order valence-electron chi connectivity index (χ4n) is 0.443. The molecule has 1 amide bonds. The average molecular weight is 155 g/mol. The zero-order valence-electron chi connectivity index (χ0n) is 6.66. The van der Waals surface area contributed by atoms with E-state index in [9.17, 15) is 4.79 Å². The summed E-state index contributed by atoms with van der Waals surface area (Å²) in [5.41, 5.74) is 0. The van der Waals surface area contributed by atoms with Crippen molar-refractivity contribution in [2.24, 2.45) is 4.99 Å². The first-order valence-corrected chi connectivity index (χ1v) is 3.66. The van der Waals surface area contributed by atoms with Gasteiger partial charge in [-0.25, -0.2) is 4.99 Å². The van der Waals surface area contributed by atoms with Gasteiger partial charge in [-0.15, -0.1) is 0 Å². The van der Waals surface area contributed by atoms with Gasteiger partial charge >= 0.3 is 0 Å². The minimum atomic E-state index is -0.157. The number of carbonyl (C=O) groups excluding carboxylic acids is 1. The third-order valence-corrected chi connectivity index (χ3v) is 1.04. The Kier molecular flexibility index (Phi) is 6.53. The molecular formula is C8H13NO2. The molecule has 0 aromatic carbocycles. The van der Waals surface area contributed by atoms with E-state index in [0.29, 0.717) is 6.61 Å². The number of hydrogen-bond donors (Lipinski definition) is 1. The van der Waals surface area contributed by atoms with Crippen molar-refractivity contribution in [1.29, 1.82) is 0 Å². The maximum atomic E-state index is 9.96. The van der Waals surface area contributed by atoms with E-state index in [1.807, 2.05) is 0 Å². The lowest BCUT2D eigenvalue weighted by Crippen LogP contribution is -1.75. The van der Waals surface area contributed by atoms with E-state index in [1.165, 1.54) is 12.3 Å². The molecule has 0 fully saturated rings. The van der Waals surface area contributed by atoms with Crippen molar-refractivity contribution in [3.05, 3.63) is 12.2 Å². The van der Waals surface area contributed by atoms with E-state index < -0.39 is 0 Å². The van der Waals surface area contributed by atoms with Crippen LogP contribution in [0.5, 0.6) is 0 Å². The number of hydrogen-bond acceptors (Lipinski definition) is 2. The Hall–Kier alpha value is -0.960. The molecule has 0 radical (unpaired) electrons. The fraction of sp³-hybridized carbons (Fsp3) is 0.500. The number of carbonyl (C=O) groups is 1. The van der Waals surface area contributed by atoms with Crippen LogP contribution in [0.4, 0.5) is 0 Å². The quantitative estimate of drug-likeness (QED) is 0.645. The van der Waals surface area contributed by atoms with E-state index in [-0.39, 0.29) is 5.91 Å². The Morgan fingerprint density at radius 3 is 2.45 bits per heavy atom. The van der Waals surface area contributed by atoms with E-state index in [1.54, 1.807) is 6.08 Å². The zero-order valence-corrected chi connectivity index (χ0v) is 6.66. The highest BCUT2D eigenvalue weighted by Crippen LogP contribution is 1.83. The van der Waals surface area contributed by atoms with Crippen molar-refractivity contribution < 1.29 is 9.90 Å². The molecule has 0 saturated carbocycles. The van der Waals surface area contributed by atoms with Gasteiger partial charge in [-0.3, -0.25) is 4.79 Å². The van der Waals surface area contributed by atoms with Gasteiger partial charge in [0, 0.05) is 18.9 Å².